The Morgan fingerprint density at radius 2 is 1.82 bits per heavy atom. The molecule has 1 aromatic carbocycles. The zero-order chi connectivity index (χ0) is 12.8. The normalized spacial score (nSPS) is 14.3. The molecule has 0 aliphatic rings. The van der Waals surface area contributed by atoms with Crippen LogP contribution in [0.25, 0.3) is 0 Å². The quantitative estimate of drug-likeness (QED) is 0.729. The van der Waals surface area contributed by atoms with Crippen LogP contribution < -0.4 is 0 Å². The molecule has 3 heteroatoms. The topological polar surface area (TPSA) is 34.1 Å². The maximum absolute atomic E-state index is 12.1. The van der Waals surface area contributed by atoms with Crippen molar-refractivity contribution in [3.8, 4) is 0 Å². The lowest BCUT2D eigenvalue weighted by Crippen LogP contribution is -2.24. The van der Waals surface area contributed by atoms with Crippen LogP contribution in [0.4, 0.5) is 0 Å². The Balaban J connectivity index is 2.77. The molecule has 0 aromatic heterocycles. The molecule has 0 heterocycles. The van der Waals surface area contributed by atoms with Gasteiger partial charge in [0.1, 0.15) is 0 Å². The molecule has 0 spiro atoms. The highest BCUT2D eigenvalue weighted by Crippen LogP contribution is 2.11. The van der Waals surface area contributed by atoms with Crippen molar-refractivity contribution >= 4 is 16.6 Å². The van der Waals surface area contributed by atoms with E-state index >= 15 is 0 Å². The molecule has 0 N–H and O–H groups in total. The highest BCUT2D eigenvalue weighted by atomic mass is 32.2. The number of hydrogen-bond donors (Lipinski definition) is 0. The van der Waals surface area contributed by atoms with E-state index in [1.807, 2.05) is 31.2 Å². The van der Waals surface area contributed by atoms with Gasteiger partial charge >= 0.3 is 0 Å². The molecule has 0 aliphatic carbocycles. The largest absolute Gasteiger partial charge is 0.293 e. The summed E-state index contributed by atoms with van der Waals surface area (Å²) in [5.74, 6) is 0.583. The molecule has 1 aromatic rings. The molecule has 0 saturated heterocycles. The summed E-state index contributed by atoms with van der Waals surface area (Å²) in [6, 6.07) is 7.59. The van der Waals surface area contributed by atoms with Crippen molar-refractivity contribution in [2.24, 2.45) is 0 Å². The second-order valence-corrected chi connectivity index (χ2v) is 6.02. The Kier molecular flexibility index (Phi) is 5.56. The van der Waals surface area contributed by atoms with Crippen molar-refractivity contribution in [3.05, 3.63) is 35.4 Å². The van der Waals surface area contributed by atoms with Crippen molar-refractivity contribution in [3.63, 3.8) is 0 Å². The summed E-state index contributed by atoms with van der Waals surface area (Å²) < 4.78 is 11.8. The van der Waals surface area contributed by atoms with E-state index in [4.69, 9.17) is 0 Å². The van der Waals surface area contributed by atoms with Gasteiger partial charge in [-0.15, -0.1) is 0 Å². The van der Waals surface area contributed by atoms with Gasteiger partial charge in [-0.3, -0.25) is 9.00 Å². The maximum atomic E-state index is 12.1. The summed E-state index contributed by atoms with van der Waals surface area (Å²) >= 11 is 0. The van der Waals surface area contributed by atoms with Crippen LogP contribution in [0.2, 0.25) is 0 Å². The molecular formula is C14H20O2S. The average Bonchev–Trinajstić information content (AvgIpc) is 2.37. The Labute approximate surface area is 106 Å². The van der Waals surface area contributed by atoms with E-state index in [1.165, 1.54) is 5.56 Å². The predicted octanol–water partition coefficient (Wildman–Crippen LogP) is 2.98. The molecular weight excluding hydrogens is 232 g/mol. The van der Waals surface area contributed by atoms with Crippen LogP contribution in [-0.4, -0.2) is 21.0 Å². The third-order valence-electron chi connectivity index (χ3n) is 2.82. The highest BCUT2D eigenvalue weighted by Gasteiger charge is 2.20. The van der Waals surface area contributed by atoms with Gasteiger partial charge in [-0.2, -0.15) is 0 Å². The Hall–Kier alpha value is -0.960. The van der Waals surface area contributed by atoms with Crippen molar-refractivity contribution in [1.82, 2.24) is 0 Å². The first kappa shape index (κ1) is 14.1. The van der Waals surface area contributed by atoms with Crippen molar-refractivity contribution in [1.29, 1.82) is 0 Å². The summed E-state index contributed by atoms with van der Waals surface area (Å²) in [5.41, 5.74) is 1.88. The monoisotopic (exact) mass is 252 g/mol. The minimum absolute atomic E-state index is 0.0144. The van der Waals surface area contributed by atoms with Gasteiger partial charge in [0.15, 0.2) is 5.78 Å². The number of carbonyl (C=O) groups excluding carboxylic acids is 1. The molecule has 94 valence electrons. The molecule has 2 atom stereocenters. The number of aryl methyl sites for hydroxylation is 1. The first-order valence-electron chi connectivity index (χ1n) is 6.10. The van der Waals surface area contributed by atoms with E-state index in [-0.39, 0.29) is 5.78 Å². The number of rotatable bonds is 6. The van der Waals surface area contributed by atoms with Gasteiger partial charge in [-0.1, -0.05) is 38.1 Å². The lowest BCUT2D eigenvalue weighted by Gasteiger charge is -2.10. The van der Waals surface area contributed by atoms with E-state index in [9.17, 15) is 9.00 Å². The van der Waals surface area contributed by atoms with Crippen LogP contribution in [0.1, 0.15) is 43.1 Å². The minimum Gasteiger partial charge on any atom is -0.293 e. The average molecular weight is 252 g/mol. The van der Waals surface area contributed by atoms with Crippen LogP contribution in [-0.2, 0) is 17.2 Å². The third kappa shape index (κ3) is 3.77. The summed E-state index contributed by atoms with van der Waals surface area (Å²) in [4.78, 5) is 12.1. The summed E-state index contributed by atoms with van der Waals surface area (Å²) in [5, 5.41) is -0.401. The summed E-state index contributed by atoms with van der Waals surface area (Å²) in [6.07, 6.45) is 1.81. The SMILES string of the molecule is CCCS(=O)C(C)C(=O)c1ccc(CC)cc1. The van der Waals surface area contributed by atoms with E-state index < -0.39 is 16.0 Å². The fourth-order valence-corrected chi connectivity index (χ4v) is 2.77. The van der Waals surface area contributed by atoms with Crippen molar-refractivity contribution < 1.29 is 9.00 Å². The van der Waals surface area contributed by atoms with Gasteiger partial charge in [-0.25, -0.2) is 0 Å². The molecule has 0 saturated carbocycles. The molecule has 0 aliphatic heterocycles. The van der Waals surface area contributed by atoms with E-state index in [0.717, 1.165) is 12.8 Å². The zero-order valence-electron chi connectivity index (χ0n) is 10.7. The molecule has 1 rings (SSSR count). The first-order chi connectivity index (χ1) is 8.10. The lowest BCUT2D eigenvalue weighted by molar-refractivity contribution is 0.0992. The van der Waals surface area contributed by atoms with Gasteiger partial charge < -0.3 is 0 Å². The number of carbonyl (C=O) groups is 1. The molecule has 0 amide bonds. The predicted molar refractivity (Wildman–Crippen MR) is 72.9 cm³/mol. The lowest BCUT2D eigenvalue weighted by atomic mass is 10.1. The van der Waals surface area contributed by atoms with E-state index in [0.29, 0.717) is 11.3 Å². The number of benzene rings is 1. The molecule has 17 heavy (non-hydrogen) atoms. The second kappa shape index (κ2) is 6.70. The van der Waals surface area contributed by atoms with E-state index in [1.54, 1.807) is 6.92 Å². The van der Waals surface area contributed by atoms with Gasteiger partial charge in [-0.05, 0) is 25.3 Å². The number of ketones is 1. The fraction of sp³-hybridized carbons (Fsp3) is 0.500. The van der Waals surface area contributed by atoms with Crippen LogP contribution in [0, 0.1) is 0 Å². The molecule has 0 fully saturated rings. The number of Topliss-reactive ketones (excluding diaryl/α,β-unsaturated/α-hetero) is 1. The Morgan fingerprint density at radius 1 is 1.24 bits per heavy atom. The zero-order valence-corrected chi connectivity index (χ0v) is 11.5. The van der Waals surface area contributed by atoms with Crippen LogP contribution in [0.15, 0.2) is 24.3 Å². The second-order valence-electron chi connectivity index (χ2n) is 4.14. The van der Waals surface area contributed by atoms with Crippen LogP contribution in [0.5, 0.6) is 0 Å². The van der Waals surface area contributed by atoms with Crippen molar-refractivity contribution in [2.75, 3.05) is 5.75 Å². The van der Waals surface area contributed by atoms with E-state index in [2.05, 4.69) is 6.92 Å². The molecule has 0 radical (unpaired) electrons. The maximum Gasteiger partial charge on any atom is 0.178 e. The fourth-order valence-electron chi connectivity index (χ4n) is 1.64. The smallest absolute Gasteiger partial charge is 0.178 e. The third-order valence-corrected chi connectivity index (χ3v) is 4.63. The Bertz CT molecular complexity index is 395. The number of hydrogen-bond acceptors (Lipinski definition) is 2. The standard InChI is InChI=1S/C14H20O2S/c1-4-10-17(16)11(3)14(15)13-8-6-12(5-2)7-9-13/h6-9,11H,4-5,10H2,1-3H3. The highest BCUT2D eigenvalue weighted by molar-refractivity contribution is 7.86. The summed E-state index contributed by atoms with van der Waals surface area (Å²) in [7, 11) is -1.05. The van der Waals surface area contributed by atoms with Gasteiger partial charge in [0.05, 0.1) is 5.25 Å². The Morgan fingerprint density at radius 3 is 2.29 bits per heavy atom. The van der Waals surface area contributed by atoms with Gasteiger partial charge in [0.25, 0.3) is 0 Å². The van der Waals surface area contributed by atoms with Crippen molar-refractivity contribution in [2.45, 2.75) is 38.9 Å². The molecule has 2 unspecified atom stereocenters. The summed E-state index contributed by atoms with van der Waals surface area (Å²) in [6.45, 7) is 5.81. The first-order valence-corrected chi connectivity index (χ1v) is 7.48. The van der Waals surface area contributed by atoms with Gasteiger partial charge in [0.2, 0.25) is 0 Å². The molecule has 0 bridgehead atoms. The van der Waals surface area contributed by atoms with Gasteiger partial charge in [0, 0.05) is 22.1 Å². The van der Waals surface area contributed by atoms with Crippen LogP contribution >= 0.6 is 0 Å². The minimum atomic E-state index is -1.05. The van der Waals surface area contributed by atoms with Crippen LogP contribution in [0.3, 0.4) is 0 Å². The molecule has 2 nitrogen and oxygen atoms in total.